The number of hydrogen-bond donors (Lipinski definition) is 0. The highest BCUT2D eigenvalue weighted by Gasteiger charge is 2.47. The Morgan fingerprint density at radius 3 is 0.951 bits per heavy atom. The zero-order valence-electron chi connectivity index (χ0n) is 55.8. The standard InChI is InChI=1S/C53H32N2S.C43H28N2S/c1-3-13-36(14-4-1)53(37-15-5-2-6-16-37)46-30-34(33-25-28-50-45(29-33)42-19-11-12-22-49(42)56-50)23-26-40(46)41-27-24-35(31-47(41)53)48-32-54-51-43-20-9-7-17-38(43)39-18-8-10-21-44(39)52(51)55-48;1-43(2)36-22-26(25-17-20-40-35(21-25)32-11-7-8-14-39(32)46-40)15-18-30(36)31-19-16-27(23-37(31)43)38-24-44-41-33-12-5-3-9-28(33)29-10-4-6-13-34(29)42(41)45-38/h1-32H;3-24H,1-2H3. The molecule has 0 amide bonds. The van der Waals surface area contributed by atoms with Crippen LogP contribution in [0.5, 0.6) is 0 Å². The molecule has 0 saturated heterocycles. The number of hydrogen-bond acceptors (Lipinski definition) is 6. The van der Waals surface area contributed by atoms with Crippen molar-refractivity contribution in [3.8, 4) is 67.0 Å². The van der Waals surface area contributed by atoms with Crippen LogP contribution < -0.4 is 0 Å². The van der Waals surface area contributed by atoms with Crippen LogP contribution >= 0.6 is 22.7 Å². The second kappa shape index (κ2) is 22.6. The number of thiophene rings is 2. The molecular weight excluding hydrogens is 1270 g/mol. The molecule has 0 spiro atoms. The summed E-state index contributed by atoms with van der Waals surface area (Å²) >= 11 is 3.73. The van der Waals surface area contributed by atoms with Gasteiger partial charge in [-0.3, -0.25) is 9.97 Å². The lowest BCUT2D eigenvalue weighted by Gasteiger charge is -2.34. The molecule has 102 heavy (non-hydrogen) atoms. The Kier molecular flexibility index (Phi) is 13.0. The maximum atomic E-state index is 5.43. The summed E-state index contributed by atoms with van der Waals surface area (Å²) in [4.78, 5) is 20.9. The van der Waals surface area contributed by atoms with Gasteiger partial charge in [-0.25, -0.2) is 9.97 Å². The van der Waals surface area contributed by atoms with E-state index in [2.05, 4.69) is 329 Å². The number of fused-ring (bicyclic) bond motifs is 24. The van der Waals surface area contributed by atoms with Gasteiger partial charge in [0.2, 0.25) is 0 Å². The van der Waals surface area contributed by atoms with Crippen molar-refractivity contribution < 1.29 is 0 Å². The molecule has 0 unspecified atom stereocenters. The lowest BCUT2D eigenvalue weighted by atomic mass is 9.67. The molecule has 476 valence electrons. The minimum atomic E-state index is -0.564. The highest BCUT2D eigenvalue weighted by molar-refractivity contribution is 7.26. The summed E-state index contributed by atoms with van der Waals surface area (Å²) < 4.78 is 5.32. The first-order valence-corrected chi connectivity index (χ1v) is 36.6. The molecule has 2 aliphatic rings. The molecule has 0 atom stereocenters. The molecule has 6 heteroatoms. The molecular formula is C96H60N4S2. The Bertz CT molecular complexity index is 6820. The van der Waals surface area contributed by atoms with Crippen molar-refractivity contribution in [2.24, 2.45) is 0 Å². The third-order valence-corrected chi connectivity index (χ3v) is 24.4. The normalized spacial score (nSPS) is 13.4. The van der Waals surface area contributed by atoms with Crippen molar-refractivity contribution >= 4 is 128 Å². The van der Waals surface area contributed by atoms with Crippen molar-refractivity contribution in [2.45, 2.75) is 24.7 Å². The van der Waals surface area contributed by atoms with Crippen LogP contribution in [0.25, 0.3) is 173 Å². The maximum absolute atomic E-state index is 5.43. The predicted octanol–water partition coefficient (Wildman–Crippen LogP) is 25.9. The van der Waals surface area contributed by atoms with Crippen LogP contribution in [0.2, 0.25) is 0 Å². The van der Waals surface area contributed by atoms with E-state index in [1.165, 1.54) is 140 Å². The third kappa shape index (κ3) is 8.80. The Hall–Kier alpha value is -12.3. The topological polar surface area (TPSA) is 51.6 Å². The van der Waals surface area contributed by atoms with Crippen LogP contribution in [-0.4, -0.2) is 19.9 Å². The minimum Gasteiger partial charge on any atom is -0.252 e. The van der Waals surface area contributed by atoms with Gasteiger partial charge in [0.15, 0.2) is 0 Å². The molecule has 0 radical (unpaired) electrons. The lowest BCUT2D eigenvalue weighted by Crippen LogP contribution is -2.28. The average molecular weight is 1330 g/mol. The van der Waals surface area contributed by atoms with Crippen molar-refractivity contribution in [3.63, 3.8) is 0 Å². The third-order valence-electron chi connectivity index (χ3n) is 22.1. The van der Waals surface area contributed by atoms with E-state index in [4.69, 9.17) is 19.9 Å². The number of rotatable bonds is 6. The van der Waals surface area contributed by atoms with E-state index in [1.54, 1.807) is 0 Å². The predicted molar refractivity (Wildman–Crippen MR) is 431 cm³/mol. The number of aromatic nitrogens is 4. The number of benzene rings is 16. The first-order chi connectivity index (χ1) is 50.3. The van der Waals surface area contributed by atoms with Crippen LogP contribution in [-0.2, 0) is 10.8 Å². The average Bonchev–Trinajstić information content (AvgIpc) is 1.52. The second-order valence-electron chi connectivity index (χ2n) is 27.9. The first-order valence-electron chi connectivity index (χ1n) is 35.0. The second-order valence-corrected chi connectivity index (χ2v) is 30.0. The summed E-state index contributed by atoms with van der Waals surface area (Å²) in [5.74, 6) is 0. The summed E-state index contributed by atoms with van der Waals surface area (Å²) in [6, 6.07) is 116. The largest absolute Gasteiger partial charge is 0.252 e. The molecule has 4 heterocycles. The van der Waals surface area contributed by atoms with E-state index in [0.717, 1.165) is 66.1 Å². The molecule has 0 fully saturated rings. The smallest absolute Gasteiger partial charge is 0.0979 e. The molecule has 4 nitrogen and oxygen atoms in total. The van der Waals surface area contributed by atoms with Gasteiger partial charge in [0.1, 0.15) is 0 Å². The summed E-state index contributed by atoms with van der Waals surface area (Å²) in [5.41, 5.74) is 24.8. The van der Waals surface area contributed by atoms with E-state index in [0.29, 0.717) is 0 Å². The van der Waals surface area contributed by atoms with E-state index >= 15 is 0 Å². The highest BCUT2D eigenvalue weighted by atomic mass is 32.1. The molecule has 2 aliphatic carbocycles. The molecule has 4 aromatic heterocycles. The van der Waals surface area contributed by atoms with E-state index in [9.17, 15) is 0 Å². The van der Waals surface area contributed by atoms with E-state index in [1.807, 2.05) is 35.1 Å². The van der Waals surface area contributed by atoms with Gasteiger partial charge in [0.25, 0.3) is 0 Å². The quantitative estimate of drug-likeness (QED) is 0.156. The molecule has 0 aliphatic heterocycles. The SMILES string of the molecule is CC1(C)c2cc(-c3ccc4sc5ccccc5c4c3)ccc2-c2ccc(-c3cnc4c5ccccc5c5ccccc5c4n3)cc21.c1ccc(C2(c3ccccc3)c3cc(-c4ccc5sc6ccccc6c5c4)ccc3-c3ccc(-c4cnc5c6ccccc6c6ccccc6c5n4)cc32)cc1. The first kappa shape index (κ1) is 58.6. The molecule has 0 bridgehead atoms. The van der Waals surface area contributed by atoms with Gasteiger partial charge < -0.3 is 0 Å². The van der Waals surface area contributed by atoms with Gasteiger partial charge in [-0.05, 0) is 160 Å². The molecule has 0 saturated carbocycles. The molecule has 16 aromatic carbocycles. The highest BCUT2D eigenvalue weighted by Crippen LogP contribution is 2.58. The summed E-state index contributed by atoms with van der Waals surface area (Å²) in [5, 5.41) is 14.6. The van der Waals surface area contributed by atoms with Crippen molar-refractivity contribution in [2.75, 3.05) is 0 Å². The zero-order valence-corrected chi connectivity index (χ0v) is 57.4. The zero-order chi connectivity index (χ0) is 67.4. The Balaban J connectivity index is 0.000000135. The van der Waals surface area contributed by atoms with Crippen molar-refractivity contribution in [3.05, 3.63) is 361 Å². The summed E-state index contributed by atoms with van der Waals surface area (Å²) in [6.07, 6.45) is 3.91. The fourth-order valence-corrected chi connectivity index (χ4v) is 19.4. The Morgan fingerprint density at radius 2 is 0.529 bits per heavy atom. The van der Waals surface area contributed by atoms with Crippen LogP contribution in [0.1, 0.15) is 47.2 Å². The van der Waals surface area contributed by atoms with Gasteiger partial charge in [-0.15, -0.1) is 22.7 Å². The fourth-order valence-electron chi connectivity index (χ4n) is 17.2. The van der Waals surface area contributed by atoms with Gasteiger partial charge in [0.05, 0.1) is 51.3 Å². The van der Waals surface area contributed by atoms with Crippen molar-refractivity contribution in [1.82, 2.24) is 19.9 Å². The monoisotopic (exact) mass is 1330 g/mol. The van der Waals surface area contributed by atoms with Crippen molar-refractivity contribution in [1.29, 1.82) is 0 Å². The van der Waals surface area contributed by atoms with E-state index < -0.39 is 5.41 Å². The summed E-state index contributed by atoms with van der Waals surface area (Å²) in [7, 11) is 0. The van der Waals surface area contributed by atoms with Gasteiger partial charge >= 0.3 is 0 Å². The van der Waals surface area contributed by atoms with Crippen LogP contribution in [0.4, 0.5) is 0 Å². The van der Waals surface area contributed by atoms with Crippen LogP contribution in [0.15, 0.2) is 328 Å². The van der Waals surface area contributed by atoms with Gasteiger partial charge in [0, 0.05) is 78.4 Å². The fraction of sp³-hybridized carbons (Fsp3) is 0.0417. The van der Waals surface area contributed by atoms with Crippen LogP contribution in [0.3, 0.4) is 0 Å². The van der Waals surface area contributed by atoms with Gasteiger partial charge in [-0.2, -0.15) is 0 Å². The lowest BCUT2D eigenvalue weighted by molar-refractivity contribution is 0.661. The summed E-state index contributed by atoms with van der Waals surface area (Å²) in [6.45, 7) is 4.71. The Morgan fingerprint density at radius 1 is 0.235 bits per heavy atom. The number of nitrogens with zero attached hydrogens (tertiary/aromatic N) is 4. The Labute approximate surface area is 596 Å². The maximum Gasteiger partial charge on any atom is 0.0979 e. The molecule has 0 N–H and O–H groups in total. The molecule has 20 aromatic rings. The van der Waals surface area contributed by atoms with E-state index in [-0.39, 0.29) is 5.41 Å². The minimum absolute atomic E-state index is 0.150. The molecule has 22 rings (SSSR count). The van der Waals surface area contributed by atoms with Gasteiger partial charge in [-0.1, -0.05) is 269 Å². The van der Waals surface area contributed by atoms with Crippen LogP contribution in [0, 0.1) is 0 Å².